The third-order valence-corrected chi connectivity index (χ3v) is 2.24. The molecule has 2 N–H and O–H groups in total. The highest BCUT2D eigenvalue weighted by Crippen LogP contribution is 2.28. The van der Waals surface area contributed by atoms with Crippen LogP contribution in [0.2, 0.25) is 0 Å². The number of anilines is 2. The molecule has 0 fully saturated rings. The summed E-state index contributed by atoms with van der Waals surface area (Å²) in [5.74, 6) is 0. The zero-order valence-corrected chi connectivity index (χ0v) is 8.67. The number of nitrogens with two attached hydrogens (primary N) is 1. The standard InChI is InChI=1S/C9H12N2.C2H6/c1-11-5-4-7-2-3-8(10)6-9(7)11;1-2/h2-3,6H,4-5,10H2,1H3;1-2H3. The lowest BCUT2D eigenvalue weighted by Crippen LogP contribution is -2.12. The van der Waals surface area contributed by atoms with Crippen LogP contribution in [0.25, 0.3) is 0 Å². The number of hydrogen-bond donors (Lipinski definition) is 1. The summed E-state index contributed by atoms with van der Waals surface area (Å²) in [6.45, 7) is 5.12. The average Bonchev–Trinajstić information content (AvgIpc) is 2.52. The number of nitrogens with zero attached hydrogens (tertiary/aromatic N) is 1. The average molecular weight is 178 g/mol. The van der Waals surface area contributed by atoms with Crippen molar-refractivity contribution in [3.8, 4) is 0 Å². The van der Waals surface area contributed by atoms with Crippen molar-refractivity contribution in [3.63, 3.8) is 0 Å². The van der Waals surface area contributed by atoms with Crippen molar-refractivity contribution < 1.29 is 0 Å². The second-order valence-electron chi connectivity index (χ2n) is 3.06. The molecule has 1 aromatic rings. The molecule has 1 heterocycles. The van der Waals surface area contributed by atoms with E-state index in [1.807, 2.05) is 26.0 Å². The molecular weight excluding hydrogens is 160 g/mol. The maximum absolute atomic E-state index is 5.67. The fourth-order valence-electron chi connectivity index (χ4n) is 1.56. The fourth-order valence-corrected chi connectivity index (χ4v) is 1.56. The van der Waals surface area contributed by atoms with Gasteiger partial charge in [0.15, 0.2) is 0 Å². The number of fused-ring (bicyclic) bond motifs is 1. The third-order valence-electron chi connectivity index (χ3n) is 2.24. The molecule has 0 spiro atoms. The highest BCUT2D eigenvalue weighted by Gasteiger charge is 2.14. The van der Waals surface area contributed by atoms with Crippen molar-refractivity contribution in [1.29, 1.82) is 0 Å². The fraction of sp³-hybridized carbons (Fsp3) is 0.455. The molecule has 0 unspecified atom stereocenters. The third kappa shape index (κ3) is 1.94. The molecule has 0 saturated heterocycles. The van der Waals surface area contributed by atoms with Gasteiger partial charge >= 0.3 is 0 Å². The second kappa shape index (κ2) is 4.17. The van der Waals surface area contributed by atoms with Crippen LogP contribution >= 0.6 is 0 Å². The first-order valence-corrected chi connectivity index (χ1v) is 4.87. The topological polar surface area (TPSA) is 29.3 Å². The van der Waals surface area contributed by atoms with Crippen LogP contribution in [0.3, 0.4) is 0 Å². The zero-order valence-electron chi connectivity index (χ0n) is 8.67. The molecular formula is C11H18N2. The molecule has 2 heteroatoms. The first-order chi connectivity index (χ1) is 6.27. The van der Waals surface area contributed by atoms with Gasteiger partial charge in [-0.05, 0) is 24.1 Å². The molecule has 0 saturated carbocycles. The first-order valence-electron chi connectivity index (χ1n) is 4.87. The van der Waals surface area contributed by atoms with E-state index < -0.39 is 0 Å². The Morgan fingerprint density at radius 2 is 2.00 bits per heavy atom. The summed E-state index contributed by atoms with van der Waals surface area (Å²) < 4.78 is 0. The molecule has 72 valence electrons. The van der Waals surface area contributed by atoms with E-state index in [1.165, 1.54) is 11.3 Å². The lowest BCUT2D eigenvalue weighted by atomic mass is 10.1. The van der Waals surface area contributed by atoms with Gasteiger partial charge in [0.1, 0.15) is 0 Å². The van der Waals surface area contributed by atoms with Gasteiger partial charge in [0.05, 0.1) is 0 Å². The molecule has 0 aromatic heterocycles. The Bertz CT molecular complexity index is 281. The van der Waals surface area contributed by atoms with Gasteiger partial charge in [0.25, 0.3) is 0 Å². The van der Waals surface area contributed by atoms with E-state index >= 15 is 0 Å². The van der Waals surface area contributed by atoms with Crippen molar-refractivity contribution in [1.82, 2.24) is 0 Å². The molecule has 2 nitrogen and oxygen atoms in total. The van der Waals surface area contributed by atoms with Crippen molar-refractivity contribution >= 4 is 11.4 Å². The molecule has 1 aliphatic rings. The summed E-state index contributed by atoms with van der Waals surface area (Å²) in [7, 11) is 2.10. The normalized spacial score (nSPS) is 13.3. The summed E-state index contributed by atoms with van der Waals surface area (Å²) in [6, 6.07) is 6.13. The summed E-state index contributed by atoms with van der Waals surface area (Å²) in [5, 5.41) is 0. The molecule has 0 bridgehead atoms. The van der Waals surface area contributed by atoms with E-state index in [0.29, 0.717) is 0 Å². The molecule has 0 amide bonds. The van der Waals surface area contributed by atoms with E-state index in [-0.39, 0.29) is 0 Å². The number of benzene rings is 1. The molecule has 1 aromatic carbocycles. The molecule has 0 radical (unpaired) electrons. The molecule has 0 atom stereocenters. The molecule has 2 rings (SSSR count). The highest BCUT2D eigenvalue weighted by atomic mass is 15.1. The Kier molecular flexibility index (Phi) is 3.18. The van der Waals surface area contributed by atoms with E-state index in [0.717, 1.165) is 18.7 Å². The van der Waals surface area contributed by atoms with Crippen molar-refractivity contribution in [2.45, 2.75) is 20.3 Å². The van der Waals surface area contributed by atoms with Crippen LogP contribution in [0.5, 0.6) is 0 Å². The van der Waals surface area contributed by atoms with Gasteiger partial charge in [-0.1, -0.05) is 19.9 Å². The summed E-state index contributed by atoms with van der Waals surface area (Å²) in [6.07, 6.45) is 1.16. The summed E-state index contributed by atoms with van der Waals surface area (Å²) >= 11 is 0. The SMILES string of the molecule is CC.CN1CCc2ccc(N)cc21. The second-order valence-corrected chi connectivity index (χ2v) is 3.06. The van der Waals surface area contributed by atoms with Crippen molar-refractivity contribution in [2.24, 2.45) is 0 Å². The Hall–Kier alpha value is -1.18. The molecule has 1 aliphatic heterocycles. The van der Waals surface area contributed by atoms with Gasteiger partial charge in [0.2, 0.25) is 0 Å². The quantitative estimate of drug-likeness (QED) is 0.618. The largest absolute Gasteiger partial charge is 0.399 e. The lowest BCUT2D eigenvalue weighted by molar-refractivity contribution is 0.956. The number of likely N-dealkylation sites (N-methyl/N-ethyl adjacent to an activating group) is 1. The predicted molar refractivity (Wildman–Crippen MR) is 59.2 cm³/mol. The van der Waals surface area contributed by atoms with Gasteiger partial charge in [-0.25, -0.2) is 0 Å². The van der Waals surface area contributed by atoms with Gasteiger partial charge in [0, 0.05) is 25.0 Å². The van der Waals surface area contributed by atoms with Crippen LogP contribution in [0, 0.1) is 0 Å². The van der Waals surface area contributed by atoms with Gasteiger partial charge in [-0.2, -0.15) is 0 Å². The minimum absolute atomic E-state index is 0.859. The first kappa shape index (κ1) is 9.90. The van der Waals surface area contributed by atoms with Crippen LogP contribution in [-0.4, -0.2) is 13.6 Å². The zero-order chi connectivity index (χ0) is 9.84. The summed E-state index contributed by atoms with van der Waals surface area (Å²) in [5.41, 5.74) is 9.24. The van der Waals surface area contributed by atoms with Crippen LogP contribution in [0.15, 0.2) is 18.2 Å². The smallest absolute Gasteiger partial charge is 0.0417 e. The number of hydrogen-bond acceptors (Lipinski definition) is 2. The van der Waals surface area contributed by atoms with Crippen molar-refractivity contribution in [3.05, 3.63) is 23.8 Å². The Morgan fingerprint density at radius 3 is 2.69 bits per heavy atom. The Balaban J connectivity index is 0.000000396. The van der Waals surface area contributed by atoms with Crippen LogP contribution < -0.4 is 10.6 Å². The van der Waals surface area contributed by atoms with Crippen LogP contribution in [-0.2, 0) is 6.42 Å². The lowest BCUT2D eigenvalue weighted by Gasteiger charge is -2.11. The minimum Gasteiger partial charge on any atom is -0.399 e. The Morgan fingerprint density at radius 1 is 1.31 bits per heavy atom. The van der Waals surface area contributed by atoms with Gasteiger partial charge in [-0.15, -0.1) is 0 Å². The maximum atomic E-state index is 5.67. The van der Waals surface area contributed by atoms with Gasteiger partial charge in [-0.3, -0.25) is 0 Å². The molecule has 13 heavy (non-hydrogen) atoms. The van der Waals surface area contributed by atoms with Gasteiger partial charge < -0.3 is 10.6 Å². The highest BCUT2D eigenvalue weighted by molar-refractivity contribution is 5.63. The van der Waals surface area contributed by atoms with E-state index in [2.05, 4.69) is 18.0 Å². The number of nitrogen functional groups attached to an aromatic ring is 1. The van der Waals surface area contributed by atoms with Crippen molar-refractivity contribution in [2.75, 3.05) is 24.2 Å². The maximum Gasteiger partial charge on any atom is 0.0417 e. The summed E-state index contributed by atoms with van der Waals surface area (Å²) in [4.78, 5) is 2.24. The molecule has 0 aliphatic carbocycles. The number of rotatable bonds is 0. The monoisotopic (exact) mass is 178 g/mol. The van der Waals surface area contributed by atoms with E-state index in [9.17, 15) is 0 Å². The van der Waals surface area contributed by atoms with Crippen LogP contribution in [0.1, 0.15) is 19.4 Å². The van der Waals surface area contributed by atoms with Crippen LogP contribution in [0.4, 0.5) is 11.4 Å². The minimum atomic E-state index is 0.859. The van der Waals surface area contributed by atoms with E-state index in [4.69, 9.17) is 5.73 Å². The Labute approximate surface area is 80.4 Å². The van der Waals surface area contributed by atoms with E-state index in [1.54, 1.807) is 0 Å². The predicted octanol–water partition coefficient (Wildman–Crippen LogP) is 2.29.